The molecule has 0 aromatic carbocycles. The van der Waals surface area contributed by atoms with Gasteiger partial charge in [-0.2, -0.15) is 4.98 Å². The zero-order valence-electron chi connectivity index (χ0n) is 11.0. The number of piperidine rings is 1. The van der Waals surface area contributed by atoms with Crippen molar-refractivity contribution >= 4 is 35.1 Å². The van der Waals surface area contributed by atoms with E-state index in [0.717, 1.165) is 12.8 Å². The lowest BCUT2D eigenvalue weighted by atomic mass is 10.1. The summed E-state index contributed by atoms with van der Waals surface area (Å²) in [6, 6.07) is 0.158. The molecule has 0 atom stereocenters. The highest BCUT2D eigenvalue weighted by Crippen LogP contribution is 2.21. The molecular formula is C11H15Cl2N5O2. The van der Waals surface area contributed by atoms with Gasteiger partial charge < -0.3 is 15.0 Å². The lowest BCUT2D eigenvalue weighted by Gasteiger charge is -2.31. The molecule has 0 aliphatic carbocycles. The third kappa shape index (κ3) is 3.83. The van der Waals surface area contributed by atoms with Crippen molar-refractivity contribution in [2.75, 3.05) is 25.0 Å². The molecule has 9 heteroatoms. The van der Waals surface area contributed by atoms with Crippen LogP contribution >= 0.6 is 23.2 Å². The second kappa shape index (κ2) is 6.90. The maximum atomic E-state index is 11.6. The standard InChI is InChI=1S/C11H15Cl2N5O2/c1-2-20-11(19)18-5-3-7(4-6-18)14-9-8(12)16-17-10(13)15-9/h7H,2-6H2,1H3,(H,14,15,17). The van der Waals surface area contributed by atoms with Gasteiger partial charge in [0.2, 0.25) is 5.28 Å². The number of nitrogens with zero attached hydrogens (tertiary/aromatic N) is 4. The van der Waals surface area contributed by atoms with E-state index < -0.39 is 0 Å². The van der Waals surface area contributed by atoms with Gasteiger partial charge in [0.1, 0.15) is 0 Å². The number of ether oxygens (including phenoxy) is 1. The second-order valence-electron chi connectivity index (χ2n) is 4.32. The van der Waals surface area contributed by atoms with E-state index in [1.807, 2.05) is 0 Å². The summed E-state index contributed by atoms with van der Waals surface area (Å²) in [4.78, 5) is 17.3. The molecule has 2 rings (SSSR count). The number of hydrogen-bond donors (Lipinski definition) is 1. The Labute approximate surface area is 126 Å². The number of aromatic nitrogens is 3. The predicted octanol–water partition coefficient (Wildman–Crippen LogP) is 2.21. The zero-order chi connectivity index (χ0) is 14.5. The van der Waals surface area contributed by atoms with E-state index in [0.29, 0.717) is 25.5 Å². The highest BCUT2D eigenvalue weighted by molar-refractivity contribution is 6.32. The molecule has 0 saturated carbocycles. The molecule has 20 heavy (non-hydrogen) atoms. The second-order valence-corrected chi connectivity index (χ2v) is 5.02. The largest absolute Gasteiger partial charge is 0.450 e. The van der Waals surface area contributed by atoms with Crippen molar-refractivity contribution in [1.82, 2.24) is 20.1 Å². The summed E-state index contributed by atoms with van der Waals surface area (Å²) in [6.45, 7) is 3.43. The lowest BCUT2D eigenvalue weighted by molar-refractivity contribution is 0.0983. The summed E-state index contributed by atoms with van der Waals surface area (Å²) < 4.78 is 4.97. The molecular weight excluding hydrogens is 305 g/mol. The number of carbonyl (C=O) groups excluding carboxylic acids is 1. The number of amides is 1. The summed E-state index contributed by atoms with van der Waals surface area (Å²) in [5.74, 6) is 0.418. The van der Waals surface area contributed by atoms with Crippen LogP contribution in [0.4, 0.5) is 10.6 Å². The van der Waals surface area contributed by atoms with Gasteiger partial charge in [-0.25, -0.2) is 4.79 Å². The van der Waals surface area contributed by atoms with Crippen molar-refractivity contribution in [3.8, 4) is 0 Å². The monoisotopic (exact) mass is 319 g/mol. The van der Waals surface area contributed by atoms with Gasteiger partial charge >= 0.3 is 6.09 Å². The molecule has 1 N–H and O–H groups in total. The number of nitrogens with one attached hydrogen (secondary N) is 1. The minimum atomic E-state index is -0.268. The van der Waals surface area contributed by atoms with E-state index in [2.05, 4.69) is 20.5 Å². The number of halogens is 2. The van der Waals surface area contributed by atoms with Gasteiger partial charge in [0.05, 0.1) is 6.61 Å². The molecule has 110 valence electrons. The van der Waals surface area contributed by atoms with Gasteiger partial charge in [-0.3, -0.25) is 0 Å². The molecule has 1 amide bonds. The maximum Gasteiger partial charge on any atom is 0.409 e. The number of likely N-dealkylation sites (tertiary alicyclic amines) is 1. The van der Waals surface area contributed by atoms with E-state index >= 15 is 0 Å². The summed E-state index contributed by atoms with van der Waals surface area (Å²) in [5.41, 5.74) is 0. The van der Waals surface area contributed by atoms with E-state index in [9.17, 15) is 4.79 Å². The van der Waals surface area contributed by atoms with Crippen molar-refractivity contribution in [1.29, 1.82) is 0 Å². The Balaban J connectivity index is 1.88. The highest BCUT2D eigenvalue weighted by Gasteiger charge is 2.24. The summed E-state index contributed by atoms with van der Waals surface area (Å²) in [7, 11) is 0. The smallest absolute Gasteiger partial charge is 0.409 e. The minimum absolute atomic E-state index is 0.0425. The molecule has 1 aliphatic heterocycles. The first-order valence-electron chi connectivity index (χ1n) is 6.34. The molecule has 0 spiro atoms. The molecule has 0 bridgehead atoms. The molecule has 1 aliphatic rings. The minimum Gasteiger partial charge on any atom is -0.450 e. The summed E-state index contributed by atoms with van der Waals surface area (Å²) >= 11 is 11.6. The molecule has 2 heterocycles. The van der Waals surface area contributed by atoms with Crippen molar-refractivity contribution in [2.24, 2.45) is 0 Å². The molecule has 7 nitrogen and oxygen atoms in total. The Morgan fingerprint density at radius 2 is 2.10 bits per heavy atom. The quantitative estimate of drug-likeness (QED) is 0.920. The number of anilines is 1. The van der Waals surface area contributed by atoms with Crippen LogP contribution in [-0.2, 0) is 4.74 Å². The zero-order valence-corrected chi connectivity index (χ0v) is 12.5. The Hall–Kier alpha value is -1.34. The van der Waals surface area contributed by atoms with Crippen LogP contribution in [0.15, 0.2) is 0 Å². The molecule has 1 saturated heterocycles. The third-order valence-electron chi connectivity index (χ3n) is 2.98. The van der Waals surface area contributed by atoms with Crippen LogP contribution in [-0.4, -0.2) is 51.9 Å². The van der Waals surface area contributed by atoms with Crippen molar-refractivity contribution < 1.29 is 9.53 Å². The van der Waals surface area contributed by atoms with Crippen LogP contribution in [0.2, 0.25) is 10.4 Å². The van der Waals surface area contributed by atoms with Gasteiger partial charge in [-0.05, 0) is 31.4 Å². The molecule has 1 aromatic heterocycles. The first-order chi connectivity index (χ1) is 9.60. The van der Waals surface area contributed by atoms with E-state index in [1.165, 1.54) is 0 Å². The van der Waals surface area contributed by atoms with Crippen molar-refractivity contribution in [2.45, 2.75) is 25.8 Å². The van der Waals surface area contributed by atoms with Gasteiger partial charge in [0.15, 0.2) is 11.0 Å². The Bertz CT molecular complexity index is 480. The lowest BCUT2D eigenvalue weighted by Crippen LogP contribution is -2.42. The van der Waals surface area contributed by atoms with Crippen molar-refractivity contribution in [3.05, 3.63) is 10.4 Å². The van der Waals surface area contributed by atoms with Crippen molar-refractivity contribution in [3.63, 3.8) is 0 Å². The van der Waals surface area contributed by atoms with Gasteiger partial charge in [-0.1, -0.05) is 11.6 Å². The van der Waals surface area contributed by atoms with Crippen LogP contribution in [0.1, 0.15) is 19.8 Å². The van der Waals surface area contributed by atoms with Gasteiger partial charge in [0, 0.05) is 19.1 Å². The number of hydrogen-bond acceptors (Lipinski definition) is 6. The first-order valence-corrected chi connectivity index (χ1v) is 7.09. The highest BCUT2D eigenvalue weighted by atomic mass is 35.5. The van der Waals surface area contributed by atoms with E-state index in [-0.39, 0.29) is 22.6 Å². The molecule has 0 radical (unpaired) electrons. The normalized spacial score (nSPS) is 16.1. The molecule has 0 unspecified atom stereocenters. The fourth-order valence-corrected chi connectivity index (χ4v) is 2.26. The summed E-state index contributed by atoms with van der Waals surface area (Å²) in [5, 5.41) is 10.6. The topological polar surface area (TPSA) is 80.2 Å². The molecule has 1 aromatic rings. The number of carbonyl (C=O) groups is 1. The summed E-state index contributed by atoms with van der Waals surface area (Å²) in [6.07, 6.45) is 1.28. The fraction of sp³-hybridized carbons (Fsp3) is 0.636. The van der Waals surface area contributed by atoms with Gasteiger partial charge in [0.25, 0.3) is 0 Å². The first kappa shape index (κ1) is 15.1. The van der Waals surface area contributed by atoms with Crippen LogP contribution in [0.5, 0.6) is 0 Å². The molecule has 1 fully saturated rings. The Morgan fingerprint density at radius 3 is 2.75 bits per heavy atom. The average molecular weight is 320 g/mol. The average Bonchev–Trinajstić information content (AvgIpc) is 2.44. The van der Waals surface area contributed by atoms with Crippen LogP contribution in [0.25, 0.3) is 0 Å². The maximum absolute atomic E-state index is 11.6. The van der Waals surface area contributed by atoms with Crippen LogP contribution in [0, 0.1) is 0 Å². The van der Waals surface area contributed by atoms with Crippen LogP contribution < -0.4 is 5.32 Å². The van der Waals surface area contributed by atoms with E-state index in [4.69, 9.17) is 27.9 Å². The fourth-order valence-electron chi connectivity index (χ4n) is 2.00. The predicted molar refractivity (Wildman–Crippen MR) is 75.1 cm³/mol. The Kier molecular flexibility index (Phi) is 5.19. The number of rotatable bonds is 3. The SMILES string of the molecule is CCOC(=O)N1CCC(Nc2nc(Cl)nnc2Cl)CC1. The third-order valence-corrected chi connectivity index (χ3v) is 3.40. The Morgan fingerprint density at radius 1 is 1.40 bits per heavy atom. The van der Waals surface area contributed by atoms with Gasteiger partial charge in [-0.15, -0.1) is 10.2 Å². The van der Waals surface area contributed by atoms with Crippen LogP contribution in [0.3, 0.4) is 0 Å². The van der Waals surface area contributed by atoms with E-state index in [1.54, 1.807) is 11.8 Å².